The lowest BCUT2D eigenvalue weighted by Crippen LogP contribution is -1.94. The normalized spacial score (nSPS) is 9.64. The van der Waals surface area contributed by atoms with Crippen molar-refractivity contribution in [3.8, 4) is 0 Å². The van der Waals surface area contributed by atoms with Crippen LogP contribution in [0.4, 0.5) is 5.69 Å². The molecule has 0 radical (unpaired) electrons. The van der Waals surface area contributed by atoms with Crippen molar-refractivity contribution < 1.29 is 4.92 Å². The number of hydrogen-bond donors (Lipinski definition) is 0. The minimum absolute atomic E-state index is 0.137. The van der Waals surface area contributed by atoms with E-state index < -0.39 is 4.92 Å². The van der Waals surface area contributed by atoms with E-state index in [4.69, 9.17) is 0 Å². The summed E-state index contributed by atoms with van der Waals surface area (Å²) in [5.41, 5.74) is 1.48. The van der Waals surface area contributed by atoms with E-state index in [1.165, 1.54) is 12.3 Å². The van der Waals surface area contributed by atoms with Crippen molar-refractivity contribution in [3.05, 3.63) is 33.6 Å². The molecule has 11 heavy (non-hydrogen) atoms. The van der Waals surface area contributed by atoms with E-state index in [1.807, 2.05) is 0 Å². The van der Waals surface area contributed by atoms with Crippen molar-refractivity contribution in [3.63, 3.8) is 0 Å². The van der Waals surface area contributed by atoms with Crippen LogP contribution in [0.25, 0.3) is 0 Å². The Morgan fingerprint density at radius 2 is 2.18 bits per heavy atom. The third kappa shape index (κ3) is 1.34. The fraction of sp³-hybridized carbons (Fsp3) is 0.286. The van der Waals surface area contributed by atoms with Gasteiger partial charge in [-0.25, -0.2) is 0 Å². The molecule has 1 aromatic rings. The van der Waals surface area contributed by atoms with Gasteiger partial charge < -0.3 is 0 Å². The van der Waals surface area contributed by atoms with Gasteiger partial charge in [0.1, 0.15) is 0 Å². The Kier molecular flexibility index (Phi) is 1.85. The van der Waals surface area contributed by atoms with Crippen molar-refractivity contribution in [2.75, 3.05) is 0 Å². The second-order valence-corrected chi connectivity index (χ2v) is 2.30. The van der Waals surface area contributed by atoms with Crippen LogP contribution in [0.15, 0.2) is 12.3 Å². The van der Waals surface area contributed by atoms with Gasteiger partial charge in [-0.2, -0.15) is 0 Å². The molecule has 0 bridgehead atoms. The van der Waals surface area contributed by atoms with Crippen molar-refractivity contribution >= 4 is 5.69 Å². The third-order valence-corrected chi connectivity index (χ3v) is 1.62. The average molecular weight is 152 g/mol. The Labute approximate surface area is 64.0 Å². The summed E-state index contributed by atoms with van der Waals surface area (Å²) in [5, 5.41) is 10.4. The lowest BCUT2D eigenvalue weighted by atomic mass is 10.2. The molecule has 0 aromatic carbocycles. The quantitative estimate of drug-likeness (QED) is 0.453. The Hall–Kier alpha value is -1.45. The van der Waals surface area contributed by atoms with E-state index in [9.17, 15) is 10.1 Å². The first-order valence-corrected chi connectivity index (χ1v) is 3.19. The Bertz CT molecular complexity index is 296. The highest BCUT2D eigenvalue weighted by Crippen LogP contribution is 2.17. The van der Waals surface area contributed by atoms with Gasteiger partial charge in [0.15, 0.2) is 0 Å². The largest absolute Gasteiger partial charge is 0.275 e. The highest BCUT2D eigenvalue weighted by Gasteiger charge is 2.10. The van der Waals surface area contributed by atoms with Crippen LogP contribution in [0, 0.1) is 24.0 Å². The zero-order valence-corrected chi connectivity index (χ0v) is 6.37. The fourth-order valence-corrected chi connectivity index (χ4v) is 0.825. The summed E-state index contributed by atoms with van der Waals surface area (Å²) < 4.78 is 0. The summed E-state index contributed by atoms with van der Waals surface area (Å²) in [6, 6.07) is 1.41. The van der Waals surface area contributed by atoms with Crippen LogP contribution in [0.3, 0.4) is 0 Å². The number of aryl methyl sites for hydroxylation is 1. The molecule has 0 aliphatic carbocycles. The van der Waals surface area contributed by atoms with Crippen LogP contribution in [-0.2, 0) is 0 Å². The Morgan fingerprint density at radius 3 is 2.64 bits per heavy atom. The van der Waals surface area contributed by atoms with Gasteiger partial charge in [-0.05, 0) is 13.8 Å². The molecule has 1 heterocycles. The van der Waals surface area contributed by atoms with Gasteiger partial charge in [-0.1, -0.05) is 0 Å². The number of nitro groups is 1. The predicted molar refractivity (Wildman–Crippen MR) is 40.4 cm³/mol. The second kappa shape index (κ2) is 2.65. The molecular weight excluding hydrogens is 144 g/mol. The minimum atomic E-state index is -0.399. The monoisotopic (exact) mass is 152 g/mol. The van der Waals surface area contributed by atoms with E-state index in [1.54, 1.807) is 13.8 Å². The highest BCUT2D eigenvalue weighted by atomic mass is 16.6. The maximum absolute atomic E-state index is 10.4. The van der Waals surface area contributed by atoms with Gasteiger partial charge in [0.05, 0.1) is 4.92 Å². The summed E-state index contributed by atoms with van der Waals surface area (Å²) in [5.74, 6) is 0. The molecule has 0 atom stereocenters. The average Bonchev–Trinajstić information content (AvgIpc) is 1.94. The standard InChI is InChI=1S/C7H8N2O2/c1-5-6(2)8-4-3-7(5)9(10)11/h3-4H,1-2H3. The van der Waals surface area contributed by atoms with E-state index in [-0.39, 0.29) is 5.69 Å². The van der Waals surface area contributed by atoms with E-state index in [0.717, 1.165) is 0 Å². The summed E-state index contributed by atoms with van der Waals surface area (Å²) in [6.07, 6.45) is 1.44. The number of pyridine rings is 1. The first-order valence-electron chi connectivity index (χ1n) is 3.19. The van der Waals surface area contributed by atoms with Crippen molar-refractivity contribution in [1.29, 1.82) is 0 Å². The van der Waals surface area contributed by atoms with E-state index >= 15 is 0 Å². The molecule has 0 saturated heterocycles. The zero-order valence-electron chi connectivity index (χ0n) is 6.37. The molecule has 4 nitrogen and oxygen atoms in total. The zero-order chi connectivity index (χ0) is 8.43. The van der Waals surface area contributed by atoms with E-state index in [0.29, 0.717) is 11.3 Å². The van der Waals surface area contributed by atoms with Gasteiger partial charge >= 0.3 is 0 Å². The maximum Gasteiger partial charge on any atom is 0.275 e. The molecule has 1 rings (SSSR count). The predicted octanol–water partition coefficient (Wildman–Crippen LogP) is 1.61. The molecule has 4 heteroatoms. The van der Waals surface area contributed by atoms with Crippen LogP contribution in [0.2, 0.25) is 0 Å². The lowest BCUT2D eigenvalue weighted by Gasteiger charge is -1.97. The van der Waals surface area contributed by atoms with Crippen LogP contribution < -0.4 is 0 Å². The van der Waals surface area contributed by atoms with Crippen LogP contribution in [0.5, 0.6) is 0 Å². The Balaban J connectivity index is 3.27. The van der Waals surface area contributed by atoms with Crippen LogP contribution in [-0.4, -0.2) is 9.91 Å². The molecule has 0 aliphatic rings. The molecule has 0 amide bonds. The second-order valence-electron chi connectivity index (χ2n) is 2.30. The molecule has 0 fully saturated rings. The number of nitrogens with zero attached hydrogens (tertiary/aromatic N) is 2. The lowest BCUT2D eigenvalue weighted by molar-refractivity contribution is -0.385. The summed E-state index contributed by atoms with van der Waals surface area (Å²) in [7, 11) is 0. The molecule has 0 saturated carbocycles. The first kappa shape index (κ1) is 7.65. The third-order valence-electron chi connectivity index (χ3n) is 1.62. The molecule has 0 N–H and O–H groups in total. The summed E-state index contributed by atoms with van der Waals surface area (Å²) >= 11 is 0. The fourth-order valence-electron chi connectivity index (χ4n) is 0.825. The van der Waals surface area contributed by atoms with Gasteiger partial charge in [-0.3, -0.25) is 15.1 Å². The van der Waals surface area contributed by atoms with Crippen molar-refractivity contribution in [2.24, 2.45) is 0 Å². The first-order chi connectivity index (χ1) is 5.13. The number of rotatable bonds is 1. The van der Waals surface area contributed by atoms with Crippen LogP contribution >= 0.6 is 0 Å². The topological polar surface area (TPSA) is 56.0 Å². The smallest absolute Gasteiger partial charge is 0.261 e. The summed E-state index contributed by atoms with van der Waals surface area (Å²) in [6.45, 7) is 3.45. The SMILES string of the molecule is Cc1nccc([N+](=O)[O-])c1C. The van der Waals surface area contributed by atoms with Gasteiger partial charge in [-0.15, -0.1) is 0 Å². The van der Waals surface area contributed by atoms with Gasteiger partial charge in [0.25, 0.3) is 5.69 Å². The molecule has 0 unspecified atom stereocenters. The van der Waals surface area contributed by atoms with E-state index in [2.05, 4.69) is 4.98 Å². The number of hydrogen-bond acceptors (Lipinski definition) is 3. The van der Waals surface area contributed by atoms with Crippen molar-refractivity contribution in [1.82, 2.24) is 4.98 Å². The Morgan fingerprint density at radius 1 is 1.55 bits per heavy atom. The van der Waals surface area contributed by atoms with Crippen LogP contribution in [0.1, 0.15) is 11.3 Å². The van der Waals surface area contributed by atoms with Gasteiger partial charge in [0, 0.05) is 23.5 Å². The van der Waals surface area contributed by atoms with Gasteiger partial charge in [0.2, 0.25) is 0 Å². The molecule has 0 aliphatic heterocycles. The number of aromatic nitrogens is 1. The molecular formula is C7H8N2O2. The van der Waals surface area contributed by atoms with Crippen molar-refractivity contribution in [2.45, 2.75) is 13.8 Å². The molecule has 0 spiro atoms. The minimum Gasteiger partial charge on any atom is -0.261 e. The molecule has 58 valence electrons. The maximum atomic E-state index is 10.4. The molecule has 1 aromatic heterocycles. The highest BCUT2D eigenvalue weighted by molar-refractivity contribution is 5.39. The summed E-state index contributed by atoms with van der Waals surface area (Å²) in [4.78, 5) is 13.9.